The molecule has 5 heteroatoms. The molecule has 2 heterocycles. The van der Waals surface area contributed by atoms with Gasteiger partial charge in [0, 0.05) is 35.5 Å². The normalized spacial score (nSPS) is 12.0. The van der Waals surface area contributed by atoms with E-state index in [-0.39, 0.29) is 11.2 Å². The van der Waals surface area contributed by atoms with Gasteiger partial charge in [0.1, 0.15) is 5.52 Å². The maximum atomic E-state index is 12.8. The van der Waals surface area contributed by atoms with Crippen molar-refractivity contribution in [2.24, 2.45) is 12.5 Å². The minimum Gasteiger partial charge on any atom is -0.382 e. The number of para-hydroxylation sites is 1. The van der Waals surface area contributed by atoms with Gasteiger partial charge in [0.25, 0.3) is 0 Å². The van der Waals surface area contributed by atoms with Crippen LogP contribution in [-0.2, 0) is 13.5 Å². The van der Waals surface area contributed by atoms with Crippen LogP contribution in [0.3, 0.4) is 0 Å². The van der Waals surface area contributed by atoms with E-state index in [1.54, 1.807) is 0 Å². The van der Waals surface area contributed by atoms with Crippen molar-refractivity contribution < 1.29 is 4.79 Å². The number of carbonyl (C=O) groups is 1. The summed E-state index contributed by atoms with van der Waals surface area (Å²) in [4.78, 5) is 17.2. The highest BCUT2D eigenvalue weighted by Gasteiger charge is 2.27. The molecule has 0 aliphatic rings. The SMILES string of the molecule is Cn1nc2c(N)nc3ccccc3c2c1CC(C)(C)CC(=O)c1ccccc1. The number of nitrogen functional groups attached to an aromatic ring is 1. The van der Waals surface area contributed by atoms with Gasteiger partial charge in [-0.15, -0.1) is 0 Å². The van der Waals surface area contributed by atoms with Gasteiger partial charge in [-0.2, -0.15) is 5.10 Å². The Hall–Kier alpha value is -3.21. The Morgan fingerprint density at radius 3 is 2.50 bits per heavy atom. The number of rotatable bonds is 5. The average molecular weight is 372 g/mol. The number of aryl methyl sites for hydroxylation is 1. The maximum absolute atomic E-state index is 12.8. The maximum Gasteiger partial charge on any atom is 0.163 e. The Morgan fingerprint density at radius 2 is 1.75 bits per heavy atom. The molecule has 0 aliphatic heterocycles. The molecule has 4 rings (SSSR count). The molecule has 0 unspecified atom stereocenters. The zero-order valence-corrected chi connectivity index (χ0v) is 16.4. The summed E-state index contributed by atoms with van der Waals surface area (Å²) in [7, 11) is 1.93. The van der Waals surface area contributed by atoms with E-state index < -0.39 is 0 Å². The van der Waals surface area contributed by atoms with Crippen LogP contribution < -0.4 is 5.73 Å². The molecular formula is C23H24N4O. The molecule has 2 aromatic heterocycles. The van der Waals surface area contributed by atoms with Crippen molar-refractivity contribution in [3.8, 4) is 0 Å². The zero-order valence-electron chi connectivity index (χ0n) is 16.4. The van der Waals surface area contributed by atoms with Gasteiger partial charge in [0.05, 0.1) is 5.52 Å². The number of anilines is 1. The number of hydrogen-bond donors (Lipinski definition) is 1. The number of Topliss-reactive ketones (excluding diaryl/α,β-unsaturated/α-hetero) is 1. The fraction of sp³-hybridized carbons (Fsp3) is 0.261. The Bertz CT molecular complexity index is 1180. The second kappa shape index (κ2) is 6.75. The van der Waals surface area contributed by atoms with E-state index >= 15 is 0 Å². The van der Waals surface area contributed by atoms with Crippen LogP contribution >= 0.6 is 0 Å². The van der Waals surface area contributed by atoms with Crippen molar-refractivity contribution in [1.82, 2.24) is 14.8 Å². The molecule has 5 nitrogen and oxygen atoms in total. The fourth-order valence-electron chi connectivity index (χ4n) is 3.87. The molecule has 2 N–H and O–H groups in total. The first-order valence-corrected chi connectivity index (χ1v) is 9.44. The zero-order chi connectivity index (χ0) is 19.9. The summed E-state index contributed by atoms with van der Waals surface area (Å²) in [6, 6.07) is 17.4. The van der Waals surface area contributed by atoms with Crippen molar-refractivity contribution in [3.63, 3.8) is 0 Å². The first-order chi connectivity index (χ1) is 13.4. The summed E-state index contributed by atoms with van der Waals surface area (Å²) in [5.74, 6) is 0.594. The van der Waals surface area contributed by atoms with E-state index in [4.69, 9.17) is 5.73 Å². The molecule has 0 radical (unpaired) electrons. The lowest BCUT2D eigenvalue weighted by molar-refractivity contribution is 0.0930. The van der Waals surface area contributed by atoms with E-state index in [0.29, 0.717) is 18.7 Å². The largest absolute Gasteiger partial charge is 0.382 e. The minimum absolute atomic E-state index is 0.156. The van der Waals surface area contributed by atoms with Crippen molar-refractivity contribution in [2.75, 3.05) is 5.73 Å². The number of aromatic nitrogens is 3. The number of nitrogens with two attached hydrogens (primary N) is 1. The van der Waals surface area contributed by atoms with E-state index in [1.165, 1.54) is 0 Å². The number of nitrogens with zero attached hydrogens (tertiary/aromatic N) is 3. The first-order valence-electron chi connectivity index (χ1n) is 9.44. The Labute approximate surface area is 164 Å². The van der Waals surface area contributed by atoms with Gasteiger partial charge >= 0.3 is 0 Å². The molecule has 0 saturated carbocycles. The monoisotopic (exact) mass is 372 g/mol. The van der Waals surface area contributed by atoms with Gasteiger partial charge in [-0.3, -0.25) is 9.48 Å². The smallest absolute Gasteiger partial charge is 0.163 e. The molecule has 0 atom stereocenters. The van der Waals surface area contributed by atoms with Crippen molar-refractivity contribution in [3.05, 3.63) is 65.9 Å². The van der Waals surface area contributed by atoms with Crippen molar-refractivity contribution in [1.29, 1.82) is 0 Å². The lowest BCUT2D eigenvalue weighted by atomic mass is 9.80. The van der Waals surface area contributed by atoms with Gasteiger partial charge in [-0.05, 0) is 17.9 Å². The van der Waals surface area contributed by atoms with E-state index in [2.05, 4.69) is 30.0 Å². The van der Waals surface area contributed by atoms with Crippen LogP contribution in [0.5, 0.6) is 0 Å². The number of fused-ring (bicyclic) bond motifs is 3. The van der Waals surface area contributed by atoms with Gasteiger partial charge in [-0.25, -0.2) is 4.98 Å². The molecule has 4 aromatic rings. The van der Waals surface area contributed by atoms with E-state index in [9.17, 15) is 4.79 Å². The standard InChI is InChI=1S/C23H24N4O/c1-23(2,14-19(28)15-9-5-4-6-10-15)13-18-20-16-11-7-8-12-17(16)25-22(24)21(20)26-27(18)3/h4-12H,13-14H2,1-3H3,(H2,24,25). The summed E-state index contributed by atoms with van der Waals surface area (Å²) in [5, 5.41) is 6.70. The highest BCUT2D eigenvalue weighted by Crippen LogP contribution is 2.35. The molecule has 142 valence electrons. The third-order valence-electron chi connectivity index (χ3n) is 5.20. The van der Waals surface area contributed by atoms with Gasteiger partial charge in [0.2, 0.25) is 0 Å². The van der Waals surface area contributed by atoms with Crippen LogP contribution in [0.2, 0.25) is 0 Å². The number of pyridine rings is 1. The number of carbonyl (C=O) groups excluding carboxylic acids is 1. The van der Waals surface area contributed by atoms with E-state index in [1.807, 2.05) is 60.3 Å². The van der Waals surface area contributed by atoms with Gasteiger partial charge in [0.15, 0.2) is 11.6 Å². The van der Waals surface area contributed by atoms with Gasteiger partial charge in [-0.1, -0.05) is 62.4 Å². The Kier molecular flexibility index (Phi) is 4.38. The fourth-order valence-corrected chi connectivity index (χ4v) is 3.87. The second-order valence-corrected chi connectivity index (χ2v) is 8.12. The summed E-state index contributed by atoms with van der Waals surface area (Å²) < 4.78 is 1.88. The second-order valence-electron chi connectivity index (χ2n) is 8.12. The lowest BCUT2D eigenvalue weighted by Crippen LogP contribution is -2.21. The van der Waals surface area contributed by atoms with Crippen molar-refractivity contribution >= 4 is 33.4 Å². The minimum atomic E-state index is -0.229. The third kappa shape index (κ3) is 3.24. The quantitative estimate of drug-likeness (QED) is 0.522. The molecule has 0 amide bonds. The highest BCUT2D eigenvalue weighted by molar-refractivity contribution is 6.09. The average Bonchev–Trinajstić information content (AvgIpc) is 2.99. The molecule has 28 heavy (non-hydrogen) atoms. The Morgan fingerprint density at radius 1 is 1.07 bits per heavy atom. The van der Waals surface area contributed by atoms with E-state index in [0.717, 1.165) is 33.1 Å². The molecule has 0 fully saturated rings. The molecule has 0 bridgehead atoms. The lowest BCUT2D eigenvalue weighted by Gasteiger charge is -2.24. The number of ketones is 1. The first kappa shape index (κ1) is 18.2. The predicted molar refractivity (Wildman–Crippen MR) is 113 cm³/mol. The van der Waals surface area contributed by atoms with Crippen LogP contribution in [0, 0.1) is 5.41 Å². The summed E-state index contributed by atoms with van der Waals surface area (Å²) >= 11 is 0. The molecule has 0 aliphatic carbocycles. The Balaban J connectivity index is 1.75. The molecule has 0 saturated heterocycles. The summed E-state index contributed by atoms with van der Waals surface area (Å²) in [6.07, 6.45) is 1.17. The summed E-state index contributed by atoms with van der Waals surface area (Å²) in [6.45, 7) is 4.25. The number of hydrogen-bond acceptors (Lipinski definition) is 4. The van der Waals surface area contributed by atoms with Crippen LogP contribution in [-0.4, -0.2) is 20.5 Å². The molecule has 2 aromatic carbocycles. The topological polar surface area (TPSA) is 73.8 Å². The van der Waals surface area contributed by atoms with Crippen LogP contribution in [0.4, 0.5) is 5.82 Å². The van der Waals surface area contributed by atoms with Crippen LogP contribution in [0.25, 0.3) is 21.8 Å². The molecule has 0 spiro atoms. The van der Waals surface area contributed by atoms with Crippen LogP contribution in [0.1, 0.15) is 36.3 Å². The van der Waals surface area contributed by atoms with Gasteiger partial charge < -0.3 is 5.73 Å². The molecular weight excluding hydrogens is 348 g/mol. The van der Waals surface area contributed by atoms with Crippen molar-refractivity contribution in [2.45, 2.75) is 26.7 Å². The summed E-state index contributed by atoms with van der Waals surface area (Å²) in [5.41, 5.74) is 9.37. The predicted octanol–water partition coefficient (Wildman–Crippen LogP) is 4.55. The number of benzene rings is 2. The van der Waals surface area contributed by atoms with Crippen LogP contribution in [0.15, 0.2) is 54.6 Å². The highest BCUT2D eigenvalue weighted by atomic mass is 16.1. The third-order valence-corrected chi connectivity index (χ3v) is 5.20.